The van der Waals surface area contributed by atoms with Crippen molar-refractivity contribution in [1.82, 2.24) is 10.3 Å². The van der Waals surface area contributed by atoms with Crippen molar-refractivity contribution < 1.29 is 10.2 Å². The summed E-state index contributed by atoms with van der Waals surface area (Å²) in [6.07, 6.45) is 1.93. The molecule has 5 heteroatoms. The lowest BCUT2D eigenvalue weighted by Crippen LogP contribution is -2.33. The van der Waals surface area contributed by atoms with E-state index in [9.17, 15) is 10.2 Å². The SMILES string of the molecule is Oc1ccccc1C1=N[C@H](c2ccccn2)N[C@H](c2ccccc2O)C1. The van der Waals surface area contributed by atoms with E-state index in [4.69, 9.17) is 4.99 Å². The fourth-order valence-corrected chi connectivity index (χ4v) is 3.26. The van der Waals surface area contributed by atoms with Gasteiger partial charge in [0.2, 0.25) is 0 Å². The highest BCUT2D eigenvalue weighted by Crippen LogP contribution is 2.35. The van der Waals surface area contributed by atoms with Crippen LogP contribution in [0.25, 0.3) is 0 Å². The first-order valence-electron chi connectivity index (χ1n) is 8.52. The van der Waals surface area contributed by atoms with E-state index < -0.39 is 0 Å². The Labute approximate surface area is 151 Å². The van der Waals surface area contributed by atoms with Gasteiger partial charge in [-0.25, -0.2) is 0 Å². The topological polar surface area (TPSA) is 77.7 Å². The maximum atomic E-state index is 10.3. The van der Waals surface area contributed by atoms with E-state index in [0.717, 1.165) is 17.0 Å². The van der Waals surface area contributed by atoms with Crippen molar-refractivity contribution in [2.75, 3.05) is 0 Å². The van der Waals surface area contributed by atoms with Gasteiger partial charge in [0.25, 0.3) is 0 Å². The van der Waals surface area contributed by atoms with E-state index in [1.54, 1.807) is 30.5 Å². The van der Waals surface area contributed by atoms with Crippen molar-refractivity contribution in [1.29, 1.82) is 0 Å². The highest BCUT2D eigenvalue weighted by molar-refractivity contribution is 6.03. The number of aromatic hydroxyl groups is 2. The van der Waals surface area contributed by atoms with Crippen LogP contribution in [0.1, 0.15) is 35.4 Å². The van der Waals surface area contributed by atoms with Crippen LogP contribution in [0, 0.1) is 0 Å². The molecule has 0 spiro atoms. The molecule has 0 fully saturated rings. The predicted molar refractivity (Wildman–Crippen MR) is 100 cm³/mol. The molecule has 2 heterocycles. The van der Waals surface area contributed by atoms with Crippen LogP contribution in [0.4, 0.5) is 0 Å². The van der Waals surface area contributed by atoms with Gasteiger partial charge in [-0.1, -0.05) is 36.4 Å². The van der Waals surface area contributed by atoms with Gasteiger partial charge < -0.3 is 10.2 Å². The number of phenolic OH excluding ortho intramolecular Hbond substituents is 2. The van der Waals surface area contributed by atoms with Crippen molar-refractivity contribution in [3.05, 3.63) is 89.7 Å². The lowest BCUT2D eigenvalue weighted by atomic mass is 9.93. The quantitative estimate of drug-likeness (QED) is 0.676. The second-order valence-corrected chi connectivity index (χ2v) is 6.23. The summed E-state index contributed by atoms with van der Waals surface area (Å²) in [4.78, 5) is 9.20. The summed E-state index contributed by atoms with van der Waals surface area (Å²) in [7, 11) is 0. The van der Waals surface area contributed by atoms with E-state index in [2.05, 4.69) is 10.3 Å². The number of benzene rings is 2. The van der Waals surface area contributed by atoms with Crippen LogP contribution >= 0.6 is 0 Å². The third-order valence-electron chi connectivity index (χ3n) is 4.54. The number of nitrogens with one attached hydrogen (secondary N) is 1. The molecule has 130 valence electrons. The maximum Gasteiger partial charge on any atom is 0.143 e. The maximum absolute atomic E-state index is 10.3. The predicted octanol–water partition coefficient (Wildman–Crippen LogP) is 3.72. The second kappa shape index (κ2) is 6.98. The van der Waals surface area contributed by atoms with Gasteiger partial charge in [0, 0.05) is 29.8 Å². The summed E-state index contributed by atoms with van der Waals surface area (Å²) in [5.41, 5.74) is 3.08. The minimum Gasteiger partial charge on any atom is -0.508 e. The van der Waals surface area contributed by atoms with Crippen LogP contribution in [0.15, 0.2) is 77.9 Å². The number of aliphatic imine (C=N–C) groups is 1. The second-order valence-electron chi connectivity index (χ2n) is 6.23. The first-order valence-corrected chi connectivity index (χ1v) is 8.52. The van der Waals surface area contributed by atoms with Gasteiger partial charge in [0.15, 0.2) is 0 Å². The van der Waals surface area contributed by atoms with E-state index in [1.807, 2.05) is 42.5 Å². The van der Waals surface area contributed by atoms with Crippen LogP contribution in [0.2, 0.25) is 0 Å². The number of phenols is 2. The molecule has 4 rings (SSSR count). The Hall–Kier alpha value is -3.18. The molecule has 0 radical (unpaired) electrons. The monoisotopic (exact) mass is 345 g/mol. The lowest BCUT2D eigenvalue weighted by Gasteiger charge is -2.30. The molecule has 0 saturated heterocycles. The Morgan fingerprint density at radius 3 is 2.31 bits per heavy atom. The Kier molecular flexibility index (Phi) is 4.37. The molecule has 0 bridgehead atoms. The fraction of sp³-hybridized carbons (Fsp3) is 0.143. The number of rotatable bonds is 3. The molecule has 0 amide bonds. The van der Waals surface area contributed by atoms with E-state index in [1.165, 1.54) is 0 Å². The lowest BCUT2D eigenvalue weighted by molar-refractivity contribution is 0.408. The standard InChI is InChI=1S/C21H19N3O2/c25-19-10-3-1-7-14(19)17-13-18(15-8-2-4-11-20(15)26)24-21(23-17)16-9-5-6-12-22-16/h1-12,17,21,23,25-26H,13H2/t17-,21+/m0/s1. The van der Waals surface area contributed by atoms with E-state index in [-0.39, 0.29) is 23.7 Å². The van der Waals surface area contributed by atoms with Crippen LogP contribution in [-0.4, -0.2) is 20.9 Å². The molecular weight excluding hydrogens is 326 g/mol. The average molecular weight is 345 g/mol. The van der Waals surface area contributed by atoms with Crippen molar-refractivity contribution in [3.8, 4) is 11.5 Å². The Balaban J connectivity index is 1.78. The number of nitrogens with zero attached hydrogens (tertiary/aromatic N) is 2. The zero-order valence-corrected chi connectivity index (χ0v) is 14.1. The number of para-hydroxylation sites is 2. The number of aromatic nitrogens is 1. The Morgan fingerprint density at radius 2 is 1.58 bits per heavy atom. The minimum atomic E-state index is -0.357. The fourth-order valence-electron chi connectivity index (χ4n) is 3.26. The molecule has 0 saturated carbocycles. The molecule has 0 aliphatic carbocycles. The Morgan fingerprint density at radius 1 is 0.846 bits per heavy atom. The molecule has 5 nitrogen and oxygen atoms in total. The third kappa shape index (κ3) is 3.17. The van der Waals surface area contributed by atoms with Gasteiger partial charge >= 0.3 is 0 Å². The summed E-state index contributed by atoms with van der Waals surface area (Å²) < 4.78 is 0. The van der Waals surface area contributed by atoms with Gasteiger partial charge in [0.05, 0.1) is 11.4 Å². The summed E-state index contributed by atoms with van der Waals surface area (Å²) in [5, 5.41) is 24.0. The molecule has 2 aromatic carbocycles. The van der Waals surface area contributed by atoms with Gasteiger partial charge in [-0.05, 0) is 30.3 Å². The molecule has 26 heavy (non-hydrogen) atoms. The largest absolute Gasteiger partial charge is 0.508 e. The van der Waals surface area contributed by atoms with Crippen LogP contribution in [-0.2, 0) is 0 Å². The summed E-state index contributed by atoms with van der Waals surface area (Å²) >= 11 is 0. The highest BCUT2D eigenvalue weighted by Gasteiger charge is 2.28. The van der Waals surface area contributed by atoms with Crippen LogP contribution < -0.4 is 5.32 Å². The van der Waals surface area contributed by atoms with Crippen molar-refractivity contribution >= 4 is 5.71 Å². The molecular formula is C21H19N3O2. The van der Waals surface area contributed by atoms with Crippen molar-refractivity contribution in [2.24, 2.45) is 4.99 Å². The first kappa shape index (κ1) is 16.3. The molecule has 1 aliphatic rings. The zero-order valence-electron chi connectivity index (χ0n) is 14.1. The first-order chi connectivity index (χ1) is 12.7. The minimum absolute atomic E-state index is 0.143. The third-order valence-corrected chi connectivity index (χ3v) is 4.54. The van der Waals surface area contributed by atoms with Crippen molar-refractivity contribution in [2.45, 2.75) is 18.6 Å². The molecule has 1 aliphatic heterocycles. The van der Waals surface area contributed by atoms with Gasteiger partial charge in [0.1, 0.15) is 17.7 Å². The van der Waals surface area contributed by atoms with E-state index in [0.29, 0.717) is 12.0 Å². The zero-order chi connectivity index (χ0) is 17.9. The van der Waals surface area contributed by atoms with Gasteiger partial charge in [-0.15, -0.1) is 0 Å². The normalized spacial score (nSPS) is 19.8. The molecule has 3 N–H and O–H groups in total. The highest BCUT2D eigenvalue weighted by atomic mass is 16.3. The Bertz CT molecular complexity index is 941. The number of hydrogen-bond donors (Lipinski definition) is 3. The van der Waals surface area contributed by atoms with Crippen LogP contribution in [0.3, 0.4) is 0 Å². The summed E-state index contributed by atoms with van der Waals surface area (Å²) in [6, 6.07) is 20.0. The molecule has 2 atom stereocenters. The molecule has 3 aromatic rings. The summed E-state index contributed by atoms with van der Waals surface area (Å²) in [5.74, 6) is 0.437. The summed E-state index contributed by atoms with van der Waals surface area (Å²) in [6.45, 7) is 0. The smallest absolute Gasteiger partial charge is 0.143 e. The molecule has 1 aromatic heterocycles. The van der Waals surface area contributed by atoms with Gasteiger partial charge in [-0.2, -0.15) is 0 Å². The average Bonchev–Trinajstić information content (AvgIpc) is 2.69. The van der Waals surface area contributed by atoms with Crippen LogP contribution in [0.5, 0.6) is 11.5 Å². The van der Waals surface area contributed by atoms with E-state index >= 15 is 0 Å². The van der Waals surface area contributed by atoms with Crippen molar-refractivity contribution in [3.63, 3.8) is 0 Å². The number of pyridine rings is 1. The van der Waals surface area contributed by atoms with Gasteiger partial charge in [-0.3, -0.25) is 15.3 Å². The number of hydrogen-bond acceptors (Lipinski definition) is 5. The molecule has 0 unspecified atom stereocenters.